The standard InChI is InChI=1S/C13H20N2O3S/c1-4-7-9-12(13(17)18)19-10(14-9)8-11(16)15(5-2)6-3/h4-8H2,1-3H3,(H,17,18). The third-order valence-corrected chi connectivity index (χ3v) is 3.93. The van der Waals surface area contributed by atoms with Crippen LogP contribution in [-0.4, -0.2) is 40.0 Å². The molecule has 0 aliphatic heterocycles. The van der Waals surface area contributed by atoms with Gasteiger partial charge in [-0.1, -0.05) is 13.3 Å². The minimum absolute atomic E-state index is 0.00117. The lowest BCUT2D eigenvalue weighted by Crippen LogP contribution is -2.31. The number of likely N-dealkylation sites (N-methyl/N-ethyl adjacent to an activating group) is 1. The van der Waals surface area contributed by atoms with Crippen molar-refractivity contribution in [1.29, 1.82) is 0 Å². The predicted molar refractivity (Wildman–Crippen MR) is 74.7 cm³/mol. The number of carboxylic acids is 1. The first-order valence-corrected chi connectivity index (χ1v) is 7.34. The number of carbonyl (C=O) groups is 2. The second kappa shape index (κ2) is 7.23. The predicted octanol–water partition coefficient (Wildman–Crippen LogP) is 2.20. The van der Waals surface area contributed by atoms with Gasteiger partial charge >= 0.3 is 5.97 Å². The number of hydrogen-bond donors (Lipinski definition) is 1. The highest BCUT2D eigenvalue weighted by molar-refractivity contribution is 7.13. The summed E-state index contributed by atoms with van der Waals surface area (Å²) in [4.78, 5) is 29.4. The summed E-state index contributed by atoms with van der Waals surface area (Å²) in [7, 11) is 0. The number of nitrogens with zero attached hydrogens (tertiary/aromatic N) is 2. The van der Waals surface area contributed by atoms with Crippen molar-refractivity contribution in [1.82, 2.24) is 9.88 Å². The van der Waals surface area contributed by atoms with Gasteiger partial charge in [0.2, 0.25) is 5.91 Å². The molecule has 0 fully saturated rings. The van der Waals surface area contributed by atoms with E-state index >= 15 is 0 Å². The van der Waals surface area contributed by atoms with E-state index in [1.807, 2.05) is 20.8 Å². The molecule has 0 radical (unpaired) electrons. The molecule has 0 spiro atoms. The average Bonchev–Trinajstić information content (AvgIpc) is 2.74. The summed E-state index contributed by atoms with van der Waals surface area (Å²) >= 11 is 1.12. The van der Waals surface area contributed by atoms with E-state index < -0.39 is 5.97 Å². The van der Waals surface area contributed by atoms with E-state index in [0.29, 0.717) is 30.2 Å². The quantitative estimate of drug-likeness (QED) is 0.833. The van der Waals surface area contributed by atoms with Crippen molar-refractivity contribution in [3.05, 3.63) is 15.6 Å². The average molecular weight is 284 g/mol. The minimum atomic E-state index is -0.956. The molecule has 1 aromatic rings. The molecule has 0 bridgehead atoms. The molecule has 0 aromatic carbocycles. The number of carboxylic acid groups (broad SMARTS) is 1. The lowest BCUT2D eigenvalue weighted by Gasteiger charge is -2.17. The summed E-state index contributed by atoms with van der Waals surface area (Å²) < 4.78 is 0. The molecule has 1 rings (SSSR count). The van der Waals surface area contributed by atoms with Crippen molar-refractivity contribution in [2.24, 2.45) is 0 Å². The van der Waals surface area contributed by atoms with Crippen LogP contribution in [0, 0.1) is 0 Å². The molecule has 1 aromatic heterocycles. The van der Waals surface area contributed by atoms with Crippen LogP contribution in [0.15, 0.2) is 0 Å². The highest BCUT2D eigenvalue weighted by Gasteiger charge is 2.19. The molecule has 1 amide bonds. The van der Waals surface area contributed by atoms with E-state index in [9.17, 15) is 9.59 Å². The number of thiazole rings is 1. The van der Waals surface area contributed by atoms with Crippen LogP contribution >= 0.6 is 11.3 Å². The van der Waals surface area contributed by atoms with E-state index in [2.05, 4.69) is 4.98 Å². The maximum absolute atomic E-state index is 12.0. The smallest absolute Gasteiger partial charge is 0.347 e. The zero-order valence-electron chi connectivity index (χ0n) is 11.6. The topological polar surface area (TPSA) is 70.5 Å². The lowest BCUT2D eigenvalue weighted by molar-refractivity contribution is -0.130. The molecule has 0 aliphatic rings. The first kappa shape index (κ1) is 15.6. The number of carbonyl (C=O) groups excluding carboxylic acids is 1. The summed E-state index contributed by atoms with van der Waals surface area (Å²) in [6, 6.07) is 0. The first-order valence-electron chi connectivity index (χ1n) is 6.53. The molecule has 0 unspecified atom stereocenters. The SMILES string of the molecule is CCCc1nc(CC(=O)N(CC)CC)sc1C(=O)O. The Balaban J connectivity index is 2.87. The van der Waals surface area contributed by atoms with Gasteiger partial charge in [-0.15, -0.1) is 11.3 Å². The largest absolute Gasteiger partial charge is 0.477 e. The van der Waals surface area contributed by atoms with Gasteiger partial charge in [0.25, 0.3) is 0 Å². The van der Waals surface area contributed by atoms with E-state index in [-0.39, 0.29) is 17.2 Å². The number of hydrogen-bond acceptors (Lipinski definition) is 4. The Kier molecular flexibility index (Phi) is 5.95. The Morgan fingerprint density at radius 3 is 2.37 bits per heavy atom. The second-order valence-electron chi connectivity index (χ2n) is 4.18. The van der Waals surface area contributed by atoms with Crippen molar-refractivity contribution in [3.63, 3.8) is 0 Å². The Morgan fingerprint density at radius 1 is 1.26 bits per heavy atom. The molecule has 1 N–H and O–H groups in total. The summed E-state index contributed by atoms with van der Waals surface area (Å²) in [6.45, 7) is 7.15. The van der Waals surface area contributed by atoms with Crippen LogP contribution in [0.3, 0.4) is 0 Å². The molecule has 0 atom stereocenters. The van der Waals surface area contributed by atoms with Crippen LogP contribution in [0.25, 0.3) is 0 Å². The first-order chi connectivity index (χ1) is 9.03. The second-order valence-corrected chi connectivity index (χ2v) is 5.27. The maximum atomic E-state index is 12.0. The number of aryl methyl sites for hydroxylation is 1. The van der Waals surface area contributed by atoms with Gasteiger partial charge in [0.15, 0.2) is 0 Å². The molecule has 19 heavy (non-hydrogen) atoms. The summed E-state index contributed by atoms with van der Waals surface area (Å²) in [5, 5.41) is 9.71. The van der Waals surface area contributed by atoms with E-state index in [4.69, 9.17) is 5.11 Å². The van der Waals surface area contributed by atoms with Gasteiger partial charge in [-0.2, -0.15) is 0 Å². The third-order valence-electron chi connectivity index (χ3n) is 2.84. The van der Waals surface area contributed by atoms with Crippen LogP contribution in [0.1, 0.15) is 47.6 Å². The molecular formula is C13H20N2O3S. The lowest BCUT2D eigenvalue weighted by atomic mass is 10.2. The number of aromatic carboxylic acids is 1. The number of rotatable bonds is 7. The molecular weight excluding hydrogens is 264 g/mol. The molecule has 5 nitrogen and oxygen atoms in total. The summed E-state index contributed by atoms with van der Waals surface area (Å²) in [5.41, 5.74) is 0.599. The van der Waals surface area contributed by atoms with Crippen LogP contribution in [0.4, 0.5) is 0 Å². The Hall–Kier alpha value is -1.43. The molecule has 6 heteroatoms. The number of aromatic nitrogens is 1. The van der Waals surface area contributed by atoms with Crippen molar-refractivity contribution >= 4 is 23.2 Å². The van der Waals surface area contributed by atoms with E-state index in [0.717, 1.165) is 17.8 Å². The van der Waals surface area contributed by atoms with Crippen molar-refractivity contribution in [3.8, 4) is 0 Å². The van der Waals surface area contributed by atoms with Gasteiger partial charge in [0, 0.05) is 13.1 Å². The molecule has 106 valence electrons. The van der Waals surface area contributed by atoms with Crippen molar-refractivity contribution < 1.29 is 14.7 Å². The van der Waals surface area contributed by atoms with Crippen molar-refractivity contribution in [2.75, 3.05) is 13.1 Å². The highest BCUT2D eigenvalue weighted by atomic mass is 32.1. The van der Waals surface area contributed by atoms with Crippen LogP contribution < -0.4 is 0 Å². The summed E-state index contributed by atoms with van der Waals surface area (Å²) in [6.07, 6.45) is 1.67. The zero-order valence-corrected chi connectivity index (χ0v) is 12.4. The van der Waals surface area contributed by atoms with Crippen LogP contribution in [0.5, 0.6) is 0 Å². The fourth-order valence-electron chi connectivity index (χ4n) is 1.87. The zero-order chi connectivity index (χ0) is 14.4. The fourth-order valence-corrected chi connectivity index (χ4v) is 2.81. The Morgan fingerprint density at radius 2 is 1.89 bits per heavy atom. The molecule has 0 saturated carbocycles. The van der Waals surface area contributed by atoms with Gasteiger partial charge in [0.1, 0.15) is 9.88 Å². The highest BCUT2D eigenvalue weighted by Crippen LogP contribution is 2.21. The molecule has 0 saturated heterocycles. The molecule has 0 aliphatic carbocycles. The monoisotopic (exact) mass is 284 g/mol. The summed E-state index contributed by atoms with van der Waals surface area (Å²) in [5.74, 6) is -0.957. The van der Waals surface area contributed by atoms with Gasteiger partial charge in [-0.3, -0.25) is 4.79 Å². The van der Waals surface area contributed by atoms with E-state index in [1.165, 1.54) is 0 Å². The van der Waals surface area contributed by atoms with Crippen LogP contribution in [0.2, 0.25) is 0 Å². The Bertz CT molecular complexity index is 453. The van der Waals surface area contributed by atoms with Gasteiger partial charge < -0.3 is 10.0 Å². The number of amides is 1. The third kappa shape index (κ3) is 4.02. The Labute approximate surface area is 117 Å². The minimum Gasteiger partial charge on any atom is -0.477 e. The fraction of sp³-hybridized carbons (Fsp3) is 0.615. The van der Waals surface area contributed by atoms with E-state index in [1.54, 1.807) is 4.90 Å². The van der Waals surface area contributed by atoms with Gasteiger partial charge in [-0.25, -0.2) is 9.78 Å². The van der Waals surface area contributed by atoms with Crippen LogP contribution in [-0.2, 0) is 17.6 Å². The van der Waals surface area contributed by atoms with Crippen molar-refractivity contribution in [2.45, 2.75) is 40.0 Å². The van der Waals surface area contributed by atoms with Gasteiger partial charge in [-0.05, 0) is 20.3 Å². The normalized spacial score (nSPS) is 10.5. The molecule has 1 heterocycles. The van der Waals surface area contributed by atoms with Gasteiger partial charge in [0.05, 0.1) is 12.1 Å². The maximum Gasteiger partial charge on any atom is 0.347 e.